The first kappa shape index (κ1) is 25.8. The molecule has 3 aromatic heterocycles. The summed E-state index contributed by atoms with van der Waals surface area (Å²) in [6.07, 6.45) is 5.68. The van der Waals surface area contributed by atoms with Crippen molar-refractivity contribution in [2.24, 2.45) is 7.05 Å². The molecule has 9 heteroatoms. The van der Waals surface area contributed by atoms with Gasteiger partial charge in [0.05, 0.1) is 16.6 Å². The van der Waals surface area contributed by atoms with Crippen LogP contribution in [0.25, 0.3) is 43.7 Å². The maximum absolute atomic E-state index is 13.1. The van der Waals surface area contributed by atoms with Crippen molar-refractivity contribution in [3.63, 3.8) is 0 Å². The molecule has 2 N–H and O–H groups in total. The quantitative estimate of drug-likeness (QED) is 0.294. The van der Waals surface area contributed by atoms with E-state index in [4.69, 9.17) is 9.84 Å². The lowest BCUT2D eigenvalue weighted by Crippen LogP contribution is -2.50. The summed E-state index contributed by atoms with van der Waals surface area (Å²) in [6, 6.07) is 16.5. The number of hydrogen-bond acceptors (Lipinski definition) is 5. The molecule has 1 aliphatic carbocycles. The van der Waals surface area contributed by atoms with Crippen LogP contribution in [0.4, 0.5) is 5.69 Å². The van der Waals surface area contributed by atoms with E-state index >= 15 is 0 Å². The van der Waals surface area contributed by atoms with Gasteiger partial charge in [-0.15, -0.1) is 0 Å². The number of carbonyl (C=O) groups excluding carboxylic acids is 1. The zero-order valence-electron chi connectivity index (χ0n) is 24.4. The standard InChI is InChI=1S/C34H34N6O3/c1-3-40-28-12-9-22(43-20-29(41)39-15-13-38(14-16-39)21-7-5-4-6-8-21)17-24(28)31-25-18-35-34(42)32(25)30-23(33(31)40)10-11-27-26(30)19-37(2)36-27/h4-9,12,17-19,35,42H,3,10-11,13-16,20H2,1-2H3. The average Bonchev–Trinajstić information content (AvgIpc) is 3.72. The van der Waals surface area contributed by atoms with Crippen LogP contribution in [0, 0.1) is 0 Å². The Balaban J connectivity index is 1.13. The van der Waals surface area contributed by atoms with Crippen molar-refractivity contribution in [2.75, 3.05) is 37.7 Å². The Bertz CT molecular complexity index is 2030. The van der Waals surface area contributed by atoms with Crippen molar-refractivity contribution in [3.8, 4) is 22.8 Å². The molecule has 43 heavy (non-hydrogen) atoms. The molecule has 2 aliphatic rings. The molecule has 8 rings (SSSR count). The van der Waals surface area contributed by atoms with Crippen LogP contribution in [0.3, 0.4) is 0 Å². The van der Waals surface area contributed by atoms with Crippen molar-refractivity contribution in [2.45, 2.75) is 26.3 Å². The predicted molar refractivity (Wildman–Crippen MR) is 169 cm³/mol. The summed E-state index contributed by atoms with van der Waals surface area (Å²) in [4.78, 5) is 20.4. The van der Waals surface area contributed by atoms with Gasteiger partial charge in [-0.25, -0.2) is 0 Å². The van der Waals surface area contributed by atoms with E-state index in [0.717, 1.165) is 76.4 Å². The molecule has 1 aliphatic heterocycles. The maximum Gasteiger partial charge on any atom is 0.260 e. The summed E-state index contributed by atoms with van der Waals surface area (Å²) in [5, 5.41) is 19.7. The van der Waals surface area contributed by atoms with Crippen LogP contribution in [0.5, 0.6) is 11.6 Å². The lowest BCUT2D eigenvalue weighted by Gasteiger charge is -2.36. The highest BCUT2D eigenvalue weighted by Crippen LogP contribution is 2.49. The van der Waals surface area contributed by atoms with Gasteiger partial charge in [0.15, 0.2) is 12.5 Å². The van der Waals surface area contributed by atoms with Crippen LogP contribution in [0.1, 0.15) is 18.2 Å². The molecule has 0 atom stereocenters. The third-order valence-corrected chi connectivity index (χ3v) is 9.22. The largest absolute Gasteiger partial charge is 0.494 e. The van der Waals surface area contributed by atoms with Crippen LogP contribution in [0.15, 0.2) is 60.9 Å². The van der Waals surface area contributed by atoms with Crippen LogP contribution in [0.2, 0.25) is 0 Å². The van der Waals surface area contributed by atoms with Crippen molar-refractivity contribution < 1.29 is 14.6 Å². The number of anilines is 1. The molecule has 0 bridgehead atoms. The van der Waals surface area contributed by atoms with Crippen LogP contribution >= 0.6 is 0 Å². The van der Waals surface area contributed by atoms with E-state index in [-0.39, 0.29) is 18.4 Å². The van der Waals surface area contributed by atoms with E-state index < -0.39 is 0 Å². The monoisotopic (exact) mass is 574 g/mol. The highest BCUT2D eigenvalue weighted by atomic mass is 16.5. The van der Waals surface area contributed by atoms with E-state index in [1.54, 1.807) is 0 Å². The van der Waals surface area contributed by atoms with Gasteiger partial charge in [0, 0.05) is 90.7 Å². The SMILES string of the molecule is CCn1c2ccc(OCC(=O)N3CCN(c4ccccc4)CC3)cc2c2c3c[nH]c(O)c3c3c(c21)CCc1nn(C)cc1-3. The molecule has 4 heterocycles. The fourth-order valence-corrected chi connectivity index (χ4v) is 7.27. The molecule has 0 spiro atoms. The second kappa shape index (κ2) is 9.83. The number of para-hydroxylation sites is 1. The molecule has 0 saturated carbocycles. The molecular weight excluding hydrogens is 540 g/mol. The zero-order valence-corrected chi connectivity index (χ0v) is 24.4. The van der Waals surface area contributed by atoms with Crippen molar-refractivity contribution in [1.82, 2.24) is 24.2 Å². The normalized spacial score (nSPS) is 14.9. The highest BCUT2D eigenvalue weighted by molar-refractivity contribution is 6.26. The van der Waals surface area contributed by atoms with E-state index in [9.17, 15) is 9.90 Å². The van der Waals surface area contributed by atoms with Crippen LogP contribution < -0.4 is 9.64 Å². The first-order chi connectivity index (χ1) is 21.0. The molecule has 1 saturated heterocycles. The number of benzene rings is 3. The minimum absolute atomic E-state index is 0.00278. The number of amides is 1. The fraction of sp³-hybridized carbons (Fsp3) is 0.294. The Morgan fingerprint density at radius 3 is 2.63 bits per heavy atom. The lowest BCUT2D eigenvalue weighted by molar-refractivity contribution is -0.133. The summed E-state index contributed by atoms with van der Waals surface area (Å²) in [5.41, 5.74) is 7.96. The molecule has 0 unspecified atom stereocenters. The van der Waals surface area contributed by atoms with Gasteiger partial charge in [-0.3, -0.25) is 9.48 Å². The number of nitrogens with one attached hydrogen (secondary N) is 1. The first-order valence-electron chi connectivity index (χ1n) is 15.1. The second-order valence-corrected chi connectivity index (χ2v) is 11.6. The Morgan fingerprint density at radius 2 is 1.84 bits per heavy atom. The van der Waals surface area contributed by atoms with Crippen LogP contribution in [-0.4, -0.2) is 68.0 Å². The number of aryl methyl sites for hydroxylation is 4. The fourth-order valence-electron chi connectivity index (χ4n) is 7.27. The Kier molecular flexibility index (Phi) is 5.89. The number of H-pyrrole nitrogens is 1. The number of aromatic amines is 1. The summed E-state index contributed by atoms with van der Waals surface area (Å²) in [7, 11) is 1.95. The van der Waals surface area contributed by atoms with Gasteiger partial charge < -0.3 is 29.2 Å². The minimum Gasteiger partial charge on any atom is -0.494 e. The van der Waals surface area contributed by atoms with Gasteiger partial charge in [0.2, 0.25) is 0 Å². The number of piperazine rings is 1. The minimum atomic E-state index is 0.00278. The molecule has 9 nitrogen and oxygen atoms in total. The second-order valence-electron chi connectivity index (χ2n) is 11.6. The third-order valence-electron chi connectivity index (χ3n) is 9.22. The van der Waals surface area contributed by atoms with Crippen molar-refractivity contribution in [1.29, 1.82) is 0 Å². The van der Waals surface area contributed by atoms with Gasteiger partial charge >= 0.3 is 0 Å². The van der Waals surface area contributed by atoms with Gasteiger partial charge in [0.25, 0.3) is 5.91 Å². The molecule has 218 valence electrons. The van der Waals surface area contributed by atoms with E-state index in [2.05, 4.69) is 51.8 Å². The molecule has 0 radical (unpaired) electrons. The summed E-state index contributed by atoms with van der Waals surface area (Å²) < 4.78 is 10.4. The predicted octanol–water partition coefficient (Wildman–Crippen LogP) is 5.23. The molecule has 6 aromatic rings. The summed E-state index contributed by atoms with van der Waals surface area (Å²) >= 11 is 0. The molecule has 3 aromatic carbocycles. The van der Waals surface area contributed by atoms with Gasteiger partial charge in [-0.1, -0.05) is 18.2 Å². The molecular formula is C34H34N6O3. The van der Waals surface area contributed by atoms with E-state index in [1.807, 2.05) is 47.1 Å². The highest BCUT2D eigenvalue weighted by Gasteiger charge is 2.30. The lowest BCUT2D eigenvalue weighted by atomic mass is 9.85. The number of rotatable bonds is 5. The number of ether oxygens (including phenoxy) is 1. The molecule has 1 amide bonds. The number of hydrogen-bond donors (Lipinski definition) is 2. The molecule has 1 fully saturated rings. The van der Waals surface area contributed by atoms with Gasteiger partial charge in [0.1, 0.15) is 5.75 Å². The topological polar surface area (TPSA) is 91.6 Å². The van der Waals surface area contributed by atoms with E-state index in [0.29, 0.717) is 18.8 Å². The zero-order chi connectivity index (χ0) is 29.2. The number of fused-ring (bicyclic) bond motifs is 10. The van der Waals surface area contributed by atoms with Gasteiger partial charge in [-0.05, 0) is 55.7 Å². The van der Waals surface area contributed by atoms with Crippen molar-refractivity contribution in [3.05, 3.63) is 72.2 Å². The maximum atomic E-state index is 13.1. The number of nitrogens with zero attached hydrogens (tertiary/aromatic N) is 5. The average molecular weight is 575 g/mol. The summed E-state index contributed by atoms with van der Waals surface area (Å²) in [5.74, 6) is 0.842. The smallest absolute Gasteiger partial charge is 0.260 e. The van der Waals surface area contributed by atoms with E-state index in [1.165, 1.54) is 16.8 Å². The Morgan fingerprint density at radius 1 is 1.02 bits per heavy atom. The third kappa shape index (κ3) is 3.98. The number of carbonyl (C=O) groups is 1. The van der Waals surface area contributed by atoms with Crippen LogP contribution in [-0.2, 0) is 31.2 Å². The summed E-state index contributed by atoms with van der Waals surface area (Å²) in [6.45, 7) is 5.95. The number of aromatic nitrogens is 4. The first-order valence-corrected chi connectivity index (χ1v) is 15.1. The van der Waals surface area contributed by atoms with Gasteiger partial charge in [-0.2, -0.15) is 5.10 Å². The Hall–Kier alpha value is -4.92. The Labute approximate surface area is 248 Å². The van der Waals surface area contributed by atoms with Crippen molar-refractivity contribution >= 4 is 44.2 Å². The number of aromatic hydroxyl groups is 1.